The second kappa shape index (κ2) is 9.24. The average Bonchev–Trinajstić information content (AvgIpc) is 2.58. The van der Waals surface area contributed by atoms with E-state index in [1.165, 1.54) is 6.07 Å². The number of aliphatic hydroxyl groups excluding tert-OH is 1. The standard InChI is InChI=1S/C18H22BrFN2O3/c1-4-25-18(23)17-16(21-11(2)10-24-3)8-7-15(22-17)13-9-12(19)5-6-14(13)20/h5-9,11,18,21,23H,4,10H2,1-3H3. The molecule has 0 fully saturated rings. The zero-order valence-electron chi connectivity index (χ0n) is 14.4. The summed E-state index contributed by atoms with van der Waals surface area (Å²) in [5.74, 6) is -0.388. The fourth-order valence-corrected chi connectivity index (χ4v) is 2.78. The monoisotopic (exact) mass is 412 g/mol. The van der Waals surface area contributed by atoms with Gasteiger partial charge in [-0.3, -0.25) is 0 Å². The van der Waals surface area contributed by atoms with Gasteiger partial charge in [0.1, 0.15) is 11.5 Å². The van der Waals surface area contributed by atoms with Gasteiger partial charge in [-0.25, -0.2) is 9.37 Å². The van der Waals surface area contributed by atoms with Crippen LogP contribution in [0.15, 0.2) is 34.8 Å². The number of pyridine rings is 1. The molecular formula is C18H22BrFN2O3. The fraction of sp³-hybridized carbons (Fsp3) is 0.389. The van der Waals surface area contributed by atoms with Gasteiger partial charge in [0.2, 0.25) is 6.29 Å². The maximum Gasteiger partial charge on any atom is 0.200 e. The van der Waals surface area contributed by atoms with E-state index in [1.807, 2.05) is 6.92 Å². The molecule has 25 heavy (non-hydrogen) atoms. The molecular weight excluding hydrogens is 391 g/mol. The molecule has 0 radical (unpaired) electrons. The van der Waals surface area contributed by atoms with Gasteiger partial charge < -0.3 is 19.9 Å². The number of hydrogen-bond donors (Lipinski definition) is 2. The molecule has 2 N–H and O–H groups in total. The smallest absolute Gasteiger partial charge is 0.200 e. The number of nitrogens with zero attached hydrogens (tertiary/aromatic N) is 1. The number of anilines is 1. The molecule has 0 saturated heterocycles. The highest BCUT2D eigenvalue weighted by molar-refractivity contribution is 9.10. The summed E-state index contributed by atoms with van der Waals surface area (Å²) < 4.78 is 25.3. The number of nitrogens with one attached hydrogen (secondary N) is 1. The second-order valence-electron chi connectivity index (χ2n) is 5.56. The van der Waals surface area contributed by atoms with Crippen LogP contribution < -0.4 is 5.32 Å². The van der Waals surface area contributed by atoms with Gasteiger partial charge >= 0.3 is 0 Å². The molecule has 2 unspecified atom stereocenters. The quantitative estimate of drug-likeness (QED) is 0.638. The molecule has 1 aromatic carbocycles. The number of hydrogen-bond acceptors (Lipinski definition) is 5. The third kappa shape index (κ3) is 5.22. The maximum absolute atomic E-state index is 14.2. The van der Waals surface area contributed by atoms with Crippen molar-refractivity contribution in [3.8, 4) is 11.3 Å². The van der Waals surface area contributed by atoms with E-state index in [-0.39, 0.29) is 11.9 Å². The molecule has 136 valence electrons. The van der Waals surface area contributed by atoms with Crippen molar-refractivity contribution in [2.24, 2.45) is 0 Å². The van der Waals surface area contributed by atoms with Crippen LogP contribution in [0.4, 0.5) is 10.1 Å². The largest absolute Gasteiger partial charge is 0.383 e. The molecule has 0 amide bonds. The Bertz CT molecular complexity index is 715. The van der Waals surface area contributed by atoms with Crippen LogP contribution in [0.5, 0.6) is 0 Å². The summed E-state index contributed by atoms with van der Waals surface area (Å²) in [6, 6.07) is 8.10. The molecule has 5 nitrogen and oxygen atoms in total. The molecule has 2 rings (SSSR count). The second-order valence-corrected chi connectivity index (χ2v) is 6.48. The molecule has 7 heteroatoms. The van der Waals surface area contributed by atoms with Crippen molar-refractivity contribution < 1.29 is 19.0 Å². The predicted octanol–water partition coefficient (Wildman–Crippen LogP) is 4.12. The highest BCUT2D eigenvalue weighted by Gasteiger charge is 2.18. The van der Waals surface area contributed by atoms with Crippen LogP contribution in [0.3, 0.4) is 0 Å². The first-order valence-electron chi connectivity index (χ1n) is 7.97. The third-order valence-electron chi connectivity index (χ3n) is 3.51. The Labute approximate surface area is 155 Å². The third-order valence-corrected chi connectivity index (χ3v) is 4.00. The molecule has 0 aliphatic carbocycles. The topological polar surface area (TPSA) is 63.6 Å². The lowest BCUT2D eigenvalue weighted by Crippen LogP contribution is -2.23. The zero-order valence-corrected chi connectivity index (χ0v) is 16.0. The van der Waals surface area contributed by atoms with Crippen LogP contribution in [-0.2, 0) is 9.47 Å². The lowest BCUT2D eigenvalue weighted by Gasteiger charge is -2.20. The summed E-state index contributed by atoms with van der Waals surface area (Å²) in [6.07, 6.45) is -1.21. The van der Waals surface area contributed by atoms with Crippen molar-refractivity contribution in [1.82, 2.24) is 4.98 Å². The average molecular weight is 413 g/mol. The van der Waals surface area contributed by atoms with Gasteiger partial charge in [-0.15, -0.1) is 0 Å². The fourth-order valence-electron chi connectivity index (χ4n) is 2.42. The Morgan fingerprint density at radius 2 is 2.08 bits per heavy atom. The first-order chi connectivity index (χ1) is 12.0. The van der Waals surface area contributed by atoms with Gasteiger partial charge in [0.15, 0.2) is 0 Å². The predicted molar refractivity (Wildman–Crippen MR) is 98.9 cm³/mol. The van der Waals surface area contributed by atoms with Crippen LogP contribution in [0.1, 0.15) is 25.8 Å². The number of halogens is 2. The highest BCUT2D eigenvalue weighted by atomic mass is 79.9. The summed E-state index contributed by atoms with van der Waals surface area (Å²) in [6.45, 7) is 4.54. The normalized spacial score (nSPS) is 13.5. The van der Waals surface area contributed by atoms with Gasteiger partial charge in [0.05, 0.1) is 18.0 Å². The minimum Gasteiger partial charge on any atom is -0.383 e. The van der Waals surface area contributed by atoms with Gasteiger partial charge in [0, 0.05) is 29.8 Å². The Hall–Kier alpha value is -1.54. The van der Waals surface area contributed by atoms with E-state index >= 15 is 0 Å². The lowest BCUT2D eigenvalue weighted by atomic mass is 10.1. The summed E-state index contributed by atoms with van der Waals surface area (Å²) in [4.78, 5) is 4.44. The van der Waals surface area contributed by atoms with Crippen molar-refractivity contribution >= 4 is 21.6 Å². The minimum absolute atomic E-state index is 0.00725. The number of methoxy groups -OCH3 is 1. The Kier molecular flexibility index (Phi) is 7.31. The van der Waals surface area contributed by atoms with Crippen LogP contribution in [-0.4, -0.2) is 36.5 Å². The number of rotatable bonds is 8. The molecule has 0 aliphatic heterocycles. The SMILES string of the molecule is CCOC(O)c1nc(-c2cc(Br)ccc2F)ccc1NC(C)COC. The van der Waals surface area contributed by atoms with E-state index in [2.05, 4.69) is 26.2 Å². The number of aromatic nitrogens is 1. The van der Waals surface area contributed by atoms with E-state index in [1.54, 1.807) is 38.3 Å². The Morgan fingerprint density at radius 3 is 2.76 bits per heavy atom. The van der Waals surface area contributed by atoms with Crippen LogP contribution in [0.2, 0.25) is 0 Å². The maximum atomic E-state index is 14.2. The lowest BCUT2D eigenvalue weighted by molar-refractivity contribution is -0.100. The van der Waals surface area contributed by atoms with Crippen molar-refractivity contribution in [2.75, 3.05) is 25.6 Å². The molecule has 1 aromatic heterocycles. The summed E-state index contributed by atoms with van der Waals surface area (Å²) in [7, 11) is 1.62. The summed E-state index contributed by atoms with van der Waals surface area (Å²) >= 11 is 3.34. The van der Waals surface area contributed by atoms with Crippen LogP contribution in [0, 0.1) is 5.82 Å². The summed E-state index contributed by atoms with van der Waals surface area (Å²) in [5, 5.41) is 13.5. The van der Waals surface area contributed by atoms with Crippen molar-refractivity contribution in [2.45, 2.75) is 26.2 Å². The van der Waals surface area contributed by atoms with Gasteiger partial charge in [0.25, 0.3) is 0 Å². The number of aliphatic hydroxyl groups is 1. The first kappa shape index (κ1) is 19.8. The van der Waals surface area contributed by atoms with E-state index in [0.717, 1.165) is 4.47 Å². The van der Waals surface area contributed by atoms with E-state index < -0.39 is 6.29 Å². The van der Waals surface area contributed by atoms with Crippen molar-refractivity contribution in [3.63, 3.8) is 0 Å². The van der Waals surface area contributed by atoms with Crippen LogP contribution in [0.25, 0.3) is 11.3 Å². The molecule has 2 atom stereocenters. The molecule has 1 heterocycles. The highest BCUT2D eigenvalue weighted by Crippen LogP contribution is 2.30. The van der Waals surface area contributed by atoms with Gasteiger partial charge in [-0.1, -0.05) is 15.9 Å². The molecule has 2 aromatic rings. The van der Waals surface area contributed by atoms with Crippen molar-refractivity contribution in [1.29, 1.82) is 0 Å². The van der Waals surface area contributed by atoms with Gasteiger partial charge in [-0.2, -0.15) is 0 Å². The van der Waals surface area contributed by atoms with Crippen molar-refractivity contribution in [3.05, 3.63) is 46.3 Å². The van der Waals surface area contributed by atoms with E-state index in [9.17, 15) is 9.50 Å². The van der Waals surface area contributed by atoms with Crippen LogP contribution >= 0.6 is 15.9 Å². The molecule has 0 aliphatic rings. The van der Waals surface area contributed by atoms with E-state index in [0.29, 0.717) is 35.9 Å². The number of benzene rings is 1. The summed E-state index contributed by atoms with van der Waals surface area (Å²) in [5.41, 5.74) is 1.68. The van der Waals surface area contributed by atoms with E-state index in [4.69, 9.17) is 9.47 Å². The Morgan fingerprint density at radius 1 is 1.32 bits per heavy atom. The number of ether oxygens (including phenoxy) is 2. The Balaban J connectivity index is 2.44. The molecule has 0 bridgehead atoms. The zero-order chi connectivity index (χ0) is 18.4. The minimum atomic E-state index is -1.21. The van der Waals surface area contributed by atoms with Gasteiger partial charge in [-0.05, 0) is 44.2 Å². The first-order valence-corrected chi connectivity index (χ1v) is 8.77. The molecule has 0 spiro atoms. The molecule has 0 saturated carbocycles.